The maximum Gasteiger partial charge on any atom is 0.407 e. The molecule has 2 unspecified atom stereocenters. The largest absolute Gasteiger partial charge is 0.444 e. The topological polar surface area (TPSA) is 58.6 Å². The van der Waals surface area contributed by atoms with Crippen molar-refractivity contribution in [2.24, 2.45) is 0 Å². The van der Waals surface area contributed by atoms with Crippen LogP contribution in [0.15, 0.2) is 18.2 Å². The monoisotopic (exact) mass is 358 g/mol. The van der Waals surface area contributed by atoms with E-state index in [-0.39, 0.29) is 24.9 Å². The van der Waals surface area contributed by atoms with Gasteiger partial charge < -0.3 is 15.0 Å². The van der Waals surface area contributed by atoms with Crippen LogP contribution < -0.4 is 5.32 Å². The van der Waals surface area contributed by atoms with Crippen molar-refractivity contribution in [3.63, 3.8) is 0 Å². The van der Waals surface area contributed by atoms with Crippen LogP contribution in [-0.2, 0) is 16.6 Å². The Kier molecular flexibility index (Phi) is 4.01. The van der Waals surface area contributed by atoms with Crippen LogP contribution in [0.3, 0.4) is 0 Å². The summed E-state index contributed by atoms with van der Waals surface area (Å²) in [5.74, 6) is 0.158. The van der Waals surface area contributed by atoms with Crippen molar-refractivity contribution in [3.05, 3.63) is 34.9 Å². The zero-order valence-corrected chi connectivity index (χ0v) is 15.9. The Morgan fingerprint density at radius 2 is 2.00 bits per heavy atom. The number of benzene rings is 1. The molecule has 0 bridgehead atoms. The normalized spacial score (nSPS) is 26.7. The van der Waals surface area contributed by atoms with Gasteiger partial charge in [0.1, 0.15) is 5.60 Å². The van der Waals surface area contributed by atoms with Gasteiger partial charge in [0, 0.05) is 31.5 Å². The molecule has 1 saturated carbocycles. The fourth-order valence-corrected chi connectivity index (χ4v) is 4.53. The Hall–Kier alpha value is -2.04. The van der Waals surface area contributed by atoms with Crippen molar-refractivity contribution in [1.29, 1.82) is 0 Å². The molecule has 1 spiro atoms. The molecule has 2 atom stereocenters. The number of rotatable bonds is 2. The molecule has 2 amide bonds. The lowest BCUT2D eigenvalue weighted by Crippen LogP contribution is -2.36. The minimum Gasteiger partial charge on any atom is -0.444 e. The SMILES string of the molecule is CC(C)(C)OC(=O)NC1CC12CCc1cc(C(=O)N3CCCC3)ccc12.[HH]. The van der Waals surface area contributed by atoms with E-state index >= 15 is 0 Å². The third kappa shape index (κ3) is 3.08. The van der Waals surface area contributed by atoms with Crippen LogP contribution in [0.4, 0.5) is 4.79 Å². The molecular formula is C21H30N2O3. The van der Waals surface area contributed by atoms with Crippen molar-refractivity contribution >= 4 is 12.0 Å². The van der Waals surface area contributed by atoms with E-state index in [1.165, 1.54) is 11.1 Å². The Bertz CT molecular complexity index is 752. The third-order valence-corrected chi connectivity index (χ3v) is 5.89. The quantitative estimate of drug-likeness (QED) is 0.878. The highest BCUT2D eigenvalue weighted by Crippen LogP contribution is 2.57. The summed E-state index contributed by atoms with van der Waals surface area (Å²) in [7, 11) is 0. The number of amides is 2. The predicted molar refractivity (Wildman–Crippen MR) is 101 cm³/mol. The first kappa shape index (κ1) is 17.4. The molecule has 1 saturated heterocycles. The van der Waals surface area contributed by atoms with E-state index in [0.29, 0.717) is 0 Å². The van der Waals surface area contributed by atoms with Gasteiger partial charge in [0.05, 0.1) is 0 Å². The number of nitrogens with one attached hydrogen (secondary N) is 1. The van der Waals surface area contributed by atoms with Crippen molar-refractivity contribution in [2.45, 2.75) is 69.9 Å². The van der Waals surface area contributed by atoms with Crippen molar-refractivity contribution < 1.29 is 15.8 Å². The van der Waals surface area contributed by atoms with E-state index in [4.69, 9.17) is 4.74 Å². The van der Waals surface area contributed by atoms with Crippen LogP contribution in [0.25, 0.3) is 0 Å². The number of hydrogen-bond donors (Lipinski definition) is 1. The van der Waals surface area contributed by atoms with Gasteiger partial charge in [-0.15, -0.1) is 0 Å². The maximum absolute atomic E-state index is 12.6. The van der Waals surface area contributed by atoms with Crippen molar-refractivity contribution in [2.75, 3.05) is 13.1 Å². The molecule has 5 nitrogen and oxygen atoms in total. The minimum atomic E-state index is -0.482. The number of nitrogens with zero attached hydrogens (tertiary/aromatic N) is 1. The number of carbonyl (C=O) groups is 2. The lowest BCUT2D eigenvalue weighted by atomic mass is 9.96. The smallest absolute Gasteiger partial charge is 0.407 e. The van der Waals surface area contributed by atoms with Gasteiger partial charge in [-0.25, -0.2) is 4.79 Å². The molecule has 1 N–H and O–H groups in total. The van der Waals surface area contributed by atoms with Crippen LogP contribution in [0, 0.1) is 0 Å². The van der Waals surface area contributed by atoms with Gasteiger partial charge in [-0.1, -0.05) is 6.07 Å². The van der Waals surface area contributed by atoms with Gasteiger partial charge in [-0.2, -0.15) is 0 Å². The maximum atomic E-state index is 12.6. The molecule has 0 aromatic heterocycles. The highest BCUT2D eigenvalue weighted by atomic mass is 16.6. The molecule has 0 radical (unpaired) electrons. The first-order chi connectivity index (χ1) is 12.3. The summed E-state index contributed by atoms with van der Waals surface area (Å²) in [5.41, 5.74) is 2.94. The van der Waals surface area contributed by atoms with Gasteiger partial charge in [-0.3, -0.25) is 4.79 Å². The predicted octanol–water partition coefficient (Wildman–Crippen LogP) is 3.65. The second-order valence-electron chi connectivity index (χ2n) is 8.93. The molecule has 1 heterocycles. The number of carbonyl (C=O) groups excluding carboxylic acids is 2. The van der Waals surface area contributed by atoms with Gasteiger partial charge in [0.2, 0.25) is 0 Å². The number of likely N-dealkylation sites (tertiary alicyclic amines) is 1. The van der Waals surface area contributed by atoms with Crippen molar-refractivity contribution in [1.82, 2.24) is 10.2 Å². The molecule has 5 heteroatoms. The second-order valence-corrected chi connectivity index (χ2v) is 8.93. The number of fused-ring (bicyclic) bond motifs is 2. The summed E-state index contributed by atoms with van der Waals surface area (Å²) in [4.78, 5) is 26.6. The average Bonchev–Trinajstić information content (AvgIpc) is 2.93. The fourth-order valence-electron chi connectivity index (χ4n) is 4.53. The molecule has 1 aromatic rings. The zero-order valence-electron chi connectivity index (χ0n) is 15.9. The third-order valence-electron chi connectivity index (χ3n) is 5.89. The van der Waals surface area contributed by atoms with Gasteiger partial charge >= 0.3 is 6.09 Å². The fraction of sp³-hybridized carbons (Fsp3) is 0.619. The molecule has 142 valence electrons. The van der Waals surface area contributed by atoms with Crippen LogP contribution in [-0.4, -0.2) is 41.6 Å². The van der Waals surface area contributed by atoms with Gasteiger partial charge in [0.25, 0.3) is 5.91 Å². The van der Waals surface area contributed by atoms with Crippen molar-refractivity contribution in [3.8, 4) is 0 Å². The Morgan fingerprint density at radius 1 is 1.27 bits per heavy atom. The van der Waals surface area contributed by atoms with Crippen LogP contribution in [0.5, 0.6) is 0 Å². The summed E-state index contributed by atoms with van der Waals surface area (Å²) < 4.78 is 5.39. The van der Waals surface area contributed by atoms with E-state index in [2.05, 4.69) is 17.4 Å². The molecular weight excluding hydrogens is 328 g/mol. The van der Waals surface area contributed by atoms with Crippen LogP contribution in [0.2, 0.25) is 0 Å². The molecule has 2 aliphatic carbocycles. The molecule has 4 rings (SSSR count). The first-order valence-corrected chi connectivity index (χ1v) is 9.71. The second kappa shape index (κ2) is 6.00. The molecule has 26 heavy (non-hydrogen) atoms. The Morgan fingerprint density at radius 3 is 2.69 bits per heavy atom. The van der Waals surface area contributed by atoms with E-state index in [1.54, 1.807) is 0 Å². The standard InChI is InChI=1S/C21H28N2O3.H2/c1-20(2,3)26-19(25)22-17-13-21(17)9-8-14-12-15(6-7-16(14)21)18(24)23-10-4-5-11-23;/h6-7,12,17H,4-5,8-11,13H2,1-3H3,(H,22,25);1H. The summed E-state index contributed by atoms with van der Waals surface area (Å²) in [5, 5.41) is 3.03. The number of ether oxygens (including phenoxy) is 1. The first-order valence-electron chi connectivity index (χ1n) is 9.71. The summed E-state index contributed by atoms with van der Waals surface area (Å²) >= 11 is 0. The van der Waals surface area contributed by atoms with E-state index in [1.807, 2.05) is 31.7 Å². The van der Waals surface area contributed by atoms with E-state index in [0.717, 1.165) is 50.8 Å². The molecule has 1 aliphatic heterocycles. The van der Waals surface area contributed by atoms with Gasteiger partial charge in [0.15, 0.2) is 0 Å². The summed E-state index contributed by atoms with van der Waals surface area (Å²) in [6, 6.07) is 6.30. The molecule has 2 fully saturated rings. The zero-order chi connectivity index (χ0) is 18.5. The Balaban J connectivity index is 0.00000210. The molecule has 1 aromatic carbocycles. The summed E-state index contributed by atoms with van der Waals surface area (Å²) in [6.07, 6.45) is 4.84. The van der Waals surface area contributed by atoms with Gasteiger partial charge in [-0.05, 0) is 76.1 Å². The average molecular weight is 358 g/mol. The van der Waals surface area contributed by atoms with E-state index < -0.39 is 5.60 Å². The minimum absolute atomic E-state index is 0. The number of hydrogen-bond acceptors (Lipinski definition) is 3. The van der Waals surface area contributed by atoms with E-state index in [9.17, 15) is 9.59 Å². The lowest BCUT2D eigenvalue weighted by molar-refractivity contribution is 0.0519. The van der Waals surface area contributed by atoms with Crippen LogP contribution in [0.1, 0.15) is 69.4 Å². The highest BCUT2D eigenvalue weighted by molar-refractivity contribution is 5.94. The lowest BCUT2D eigenvalue weighted by Gasteiger charge is -2.20. The molecule has 3 aliphatic rings. The summed E-state index contributed by atoms with van der Waals surface area (Å²) in [6.45, 7) is 7.38. The highest BCUT2D eigenvalue weighted by Gasteiger charge is 2.59. The van der Waals surface area contributed by atoms with Crippen LogP contribution >= 0.6 is 0 Å². The number of aryl methyl sites for hydroxylation is 1. The number of alkyl carbamates (subject to hydrolysis) is 1. The Labute approximate surface area is 156 Å².